The Morgan fingerprint density at radius 3 is 2.36 bits per heavy atom. The summed E-state index contributed by atoms with van der Waals surface area (Å²) >= 11 is 0. The van der Waals surface area contributed by atoms with Crippen LogP contribution in [-0.4, -0.2) is 36.2 Å². The first kappa shape index (κ1) is 18.6. The molecule has 1 rings (SSSR count). The minimum absolute atomic E-state index is 0.0116. The van der Waals surface area contributed by atoms with E-state index in [1.54, 1.807) is 34.6 Å². The third-order valence-corrected chi connectivity index (χ3v) is 4.90. The molecule has 8 heteroatoms. The average molecular weight is 330 g/mol. The molecule has 1 amide bonds. The van der Waals surface area contributed by atoms with E-state index in [0.29, 0.717) is 17.9 Å². The van der Waals surface area contributed by atoms with Crippen molar-refractivity contribution < 1.29 is 13.2 Å². The molecule has 2 N–H and O–H groups in total. The molecule has 0 fully saturated rings. The summed E-state index contributed by atoms with van der Waals surface area (Å²) in [6.45, 7) is 11.2. The second kappa shape index (κ2) is 6.78. The lowest BCUT2D eigenvalue weighted by Crippen LogP contribution is -2.40. The molecule has 0 aliphatic carbocycles. The molecule has 0 spiro atoms. The highest BCUT2D eigenvalue weighted by atomic mass is 32.2. The summed E-state index contributed by atoms with van der Waals surface area (Å²) < 4.78 is 29.0. The zero-order chi connectivity index (χ0) is 17.1. The fourth-order valence-corrected chi connectivity index (χ4v) is 3.97. The standard InChI is InChI=1S/C14H26N4O3S/c1-7-8-15-12(19)9-18-11(3)13(10(2)16-18)22(20,21)17-14(4,5)6/h17H,7-9H2,1-6H3,(H,15,19). The van der Waals surface area contributed by atoms with Gasteiger partial charge in [-0.25, -0.2) is 13.1 Å². The Morgan fingerprint density at radius 2 is 1.86 bits per heavy atom. The van der Waals surface area contributed by atoms with Crippen molar-refractivity contribution in [2.24, 2.45) is 0 Å². The van der Waals surface area contributed by atoms with Gasteiger partial charge in [0.1, 0.15) is 11.4 Å². The maximum absolute atomic E-state index is 12.5. The van der Waals surface area contributed by atoms with Crippen molar-refractivity contribution in [3.63, 3.8) is 0 Å². The molecule has 7 nitrogen and oxygen atoms in total. The number of carbonyl (C=O) groups excluding carboxylic acids is 1. The van der Waals surface area contributed by atoms with E-state index in [-0.39, 0.29) is 17.3 Å². The van der Waals surface area contributed by atoms with E-state index < -0.39 is 15.6 Å². The van der Waals surface area contributed by atoms with Crippen LogP contribution in [0.2, 0.25) is 0 Å². The van der Waals surface area contributed by atoms with Crippen LogP contribution in [0.15, 0.2) is 4.90 Å². The lowest BCUT2D eigenvalue weighted by Gasteiger charge is -2.20. The van der Waals surface area contributed by atoms with Crippen molar-refractivity contribution in [2.75, 3.05) is 6.54 Å². The van der Waals surface area contributed by atoms with Gasteiger partial charge in [-0.3, -0.25) is 9.48 Å². The Kier molecular flexibility index (Phi) is 5.75. The molecule has 0 bridgehead atoms. The van der Waals surface area contributed by atoms with Gasteiger partial charge < -0.3 is 5.32 Å². The Bertz CT molecular complexity index is 642. The molecule has 0 radical (unpaired) electrons. The number of nitrogens with one attached hydrogen (secondary N) is 2. The number of hydrogen-bond donors (Lipinski definition) is 2. The van der Waals surface area contributed by atoms with Gasteiger partial charge in [-0.05, 0) is 41.0 Å². The van der Waals surface area contributed by atoms with E-state index in [9.17, 15) is 13.2 Å². The number of aromatic nitrogens is 2. The van der Waals surface area contributed by atoms with E-state index in [1.165, 1.54) is 4.68 Å². The van der Waals surface area contributed by atoms with Crippen LogP contribution in [-0.2, 0) is 21.4 Å². The van der Waals surface area contributed by atoms with Gasteiger partial charge in [-0.2, -0.15) is 5.10 Å². The van der Waals surface area contributed by atoms with Crippen molar-refractivity contribution in [3.05, 3.63) is 11.4 Å². The predicted octanol–water partition coefficient (Wildman–Crippen LogP) is 1.10. The normalized spacial score (nSPS) is 12.5. The molecule has 126 valence electrons. The smallest absolute Gasteiger partial charge is 0.244 e. The minimum atomic E-state index is -3.68. The van der Waals surface area contributed by atoms with Crippen molar-refractivity contribution in [1.29, 1.82) is 0 Å². The summed E-state index contributed by atoms with van der Waals surface area (Å²) in [5.41, 5.74) is 0.261. The molecule has 0 aliphatic rings. The zero-order valence-corrected chi connectivity index (χ0v) is 15.0. The number of carbonyl (C=O) groups is 1. The second-order valence-electron chi connectivity index (χ2n) is 6.36. The van der Waals surface area contributed by atoms with Crippen LogP contribution in [0.5, 0.6) is 0 Å². The molecule has 0 saturated carbocycles. The fraction of sp³-hybridized carbons (Fsp3) is 0.714. The van der Waals surface area contributed by atoms with Crippen LogP contribution in [0.1, 0.15) is 45.5 Å². The van der Waals surface area contributed by atoms with Crippen LogP contribution in [0.3, 0.4) is 0 Å². The van der Waals surface area contributed by atoms with Crippen LogP contribution >= 0.6 is 0 Å². The SMILES string of the molecule is CCCNC(=O)Cn1nc(C)c(S(=O)(=O)NC(C)(C)C)c1C. The van der Waals surface area contributed by atoms with E-state index in [4.69, 9.17) is 0 Å². The summed E-state index contributed by atoms with van der Waals surface area (Å²) in [6, 6.07) is 0. The van der Waals surface area contributed by atoms with Crippen LogP contribution in [0.4, 0.5) is 0 Å². The zero-order valence-electron chi connectivity index (χ0n) is 14.1. The van der Waals surface area contributed by atoms with Gasteiger partial charge in [0, 0.05) is 12.1 Å². The number of aryl methyl sites for hydroxylation is 1. The molecule has 0 aliphatic heterocycles. The maximum Gasteiger partial charge on any atom is 0.244 e. The van der Waals surface area contributed by atoms with Gasteiger partial charge in [0.2, 0.25) is 15.9 Å². The number of amides is 1. The monoisotopic (exact) mass is 330 g/mol. The van der Waals surface area contributed by atoms with Crippen molar-refractivity contribution in [2.45, 2.75) is 64.9 Å². The lowest BCUT2D eigenvalue weighted by molar-refractivity contribution is -0.121. The number of rotatable bonds is 6. The van der Waals surface area contributed by atoms with Gasteiger partial charge in [-0.15, -0.1) is 0 Å². The summed E-state index contributed by atoms with van der Waals surface area (Å²) in [4.78, 5) is 11.9. The van der Waals surface area contributed by atoms with E-state index in [2.05, 4.69) is 15.1 Å². The number of hydrogen-bond acceptors (Lipinski definition) is 4. The highest BCUT2D eigenvalue weighted by Crippen LogP contribution is 2.21. The molecule has 0 aromatic carbocycles. The van der Waals surface area contributed by atoms with Crippen molar-refractivity contribution >= 4 is 15.9 Å². The fourth-order valence-electron chi connectivity index (χ4n) is 2.13. The minimum Gasteiger partial charge on any atom is -0.355 e. The molecule has 0 saturated heterocycles. The average Bonchev–Trinajstić information content (AvgIpc) is 2.59. The summed E-state index contributed by atoms with van der Waals surface area (Å²) in [7, 11) is -3.68. The van der Waals surface area contributed by atoms with Crippen LogP contribution in [0, 0.1) is 13.8 Å². The first-order valence-corrected chi connectivity index (χ1v) is 8.81. The van der Waals surface area contributed by atoms with Gasteiger partial charge in [-0.1, -0.05) is 6.92 Å². The molecule has 22 heavy (non-hydrogen) atoms. The van der Waals surface area contributed by atoms with Gasteiger partial charge in [0.15, 0.2) is 0 Å². The summed E-state index contributed by atoms with van der Waals surface area (Å²) in [6.07, 6.45) is 0.845. The number of nitrogens with zero attached hydrogens (tertiary/aromatic N) is 2. The Balaban J connectivity index is 3.08. The first-order valence-electron chi connectivity index (χ1n) is 7.32. The van der Waals surface area contributed by atoms with E-state index in [0.717, 1.165) is 6.42 Å². The molecule has 0 atom stereocenters. The highest BCUT2D eigenvalue weighted by molar-refractivity contribution is 7.89. The highest BCUT2D eigenvalue weighted by Gasteiger charge is 2.28. The Labute approximate surface area is 132 Å². The molecule has 1 aromatic heterocycles. The summed E-state index contributed by atoms with van der Waals surface area (Å²) in [5, 5.41) is 6.94. The van der Waals surface area contributed by atoms with Gasteiger partial charge in [0.05, 0.1) is 11.4 Å². The van der Waals surface area contributed by atoms with Crippen molar-refractivity contribution in [1.82, 2.24) is 19.8 Å². The molecular formula is C14H26N4O3S. The van der Waals surface area contributed by atoms with Crippen LogP contribution < -0.4 is 10.0 Å². The molecular weight excluding hydrogens is 304 g/mol. The third kappa shape index (κ3) is 4.81. The van der Waals surface area contributed by atoms with Crippen molar-refractivity contribution in [3.8, 4) is 0 Å². The Hall–Kier alpha value is -1.41. The topological polar surface area (TPSA) is 93.1 Å². The second-order valence-corrected chi connectivity index (χ2v) is 7.98. The van der Waals surface area contributed by atoms with Crippen LogP contribution in [0.25, 0.3) is 0 Å². The largest absolute Gasteiger partial charge is 0.355 e. The number of sulfonamides is 1. The Morgan fingerprint density at radius 1 is 1.27 bits per heavy atom. The third-order valence-electron chi connectivity index (χ3n) is 2.89. The first-order chi connectivity index (χ1) is 9.98. The maximum atomic E-state index is 12.5. The van der Waals surface area contributed by atoms with E-state index in [1.807, 2.05) is 6.92 Å². The van der Waals surface area contributed by atoms with E-state index >= 15 is 0 Å². The summed E-state index contributed by atoms with van der Waals surface area (Å²) in [5.74, 6) is -0.180. The molecule has 1 heterocycles. The molecule has 0 unspecified atom stereocenters. The lowest BCUT2D eigenvalue weighted by atomic mass is 10.1. The molecule has 1 aromatic rings. The predicted molar refractivity (Wildman–Crippen MR) is 85.1 cm³/mol. The van der Waals surface area contributed by atoms with Gasteiger partial charge >= 0.3 is 0 Å². The quantitative estimate of drug-likeness (QED) is 0.817. The van der Waals surface area contributed by atoms with Gasteiger partial charge in [0.25, 0.3) is 0 Å².